The smallest absolute Gasteiger partial charge is 0.0181 e. The molecule has 13 heavy (non-hydrogen) atoms. The van der Waals surface area contributed by atoms with Gasteiger partial charge in [0.25, 0.3) is 0 Å². The van der Waals surface area contributed by atoms with Crippen LogP contribution in [0.25, 0.3) is 0 Å². The zero-order valence-corrected chi connectivity index (χ0v) is 8.73. The van der Waals surface area contributed by atoms with E-state index in [1.54, 1.807) is 44.9 Å². The normalized spacial score (nSPS) is 60.2. The summed E-state index contributed by atoms with van der Waals surface area (Å²) in [5.41, 5.74) is 2.74. The van der Waals surface area contributed by atoms with Crippen LogP contribution in [0.1, 0.15) is 58.3 Å². The van der Waals surface area contributed by atoms with Crippen LogP contribution in [0.3, 0.4) is 0 Å². The quantitative estimate of drug-likeness (QED) is 0.527. The third kappa shape index (κ3) is 0.500. The summed E-state index contributed by atoms with van der Waals surface area (Å²) in [5.74, 6) is 1.08. The van der Waals surface area contributed by atoms with Crippen molar-refractivity contribution in [2.45, 2.75) is 58.3 Å². The van der Waals surface area contributed by atoms with E-state index in [1.807, 2.05) is 0 Å². The Balaban J connectivity index is 1.74. The molecule has 0 N–H and O–H groups in total. The SMILES string of the molecule is CC1CCC12CCC21CCC12CC2. The van der Waals surface area contributed by atoms with Crippen LogP contribution in [0.5, 0.6) is 0 Å². The minimum atomic E-state index is 0.891. The van der Waals surface area contributed by atoms with Crippen molar-refractivity contribution in [2.75, 3.05) is 0 Å². The van der Waals surface area contributed by atoms with Gasteiger partial charge < -0.3 is 0 Å². The van der Waals surface area contributed by atoms with Crippen molar-refractivity contribution < 1.29 is 0 Å². The summed E-state index contributed by atoms with van der Waals surface area (Å²) in [5, 5.41) is 0. The van der Waals surface area contributed by atoms with Crippen molar-refractivity contribution >= 4 is 0 Å². The van der Waals surface area contributed by atoms with E-state index in [2.05, 4.69) is 6.92 Å². The molecule has 0 heteroatoms. The predicted octanol–water partition coefficient (Wildman–Crippen LogP) is 3.76. The molecule has 0 nitrogen and oxygen atoms in total. The minimum absolute atomic E-state index is 0.891. The molecule has 0 aromatic carbocycles. The number of rotatable bonds is 0. The second kappa shape index (κ2) is 1.73. The molecule has 4 aliphatic carbocycles. The molecule has 3 unspecified atom stereocenters. The largest absolute Gasteiger partial charge is 0.0620 e. The fourth-order valence-corrected chi connectivity index (χ4v) is 5.44. The molecule has 0 aliphatic heterocycles. The fourth-order valence-electron chi connectivity index (χ4n) is 5.44. The average Bonchev–Trinajstić information content (AvgIpc) is 2.79. The van der Waals surface area contributed by atoms with Crippen LogP contribution in [-0.4, -0.2) is 0 Å². The lowest BCUT2D eigenvalue weighted by atomic mass is 9.29. The Morgan fingerprint density at radius 1 is 0.846 bits per heavy atom. The zero-order valence-electron chi connectivity index (χ0n) is 8.73. The highest BCUT2D eigenvalue weighted by Gasteiger charge is 2.78. The summed E-state index contributed by atoms with van der Waals surface area (Å²) < 4.78 is 0. The van der Waals surface area contributed by atoms with Gasteiger partial charge in [0.05, 0.1) is 0 Å². The summed E-state index contributed by atoms with van der Waals surface area (Å²) in [4.78, 5) is 0. The van der Waals surface area contributed by atoms with Crippen LogP contribution >= 0.6 is 0 Å². The van der Waals surface area contributed by atoms with E-state index in [9.17, 15) is 0 Å². The maximum absolute atomic E-state index is 2.53. The molecular weight excluding hydrogens is 156 g/mol. The zero-order chi connectivity index (χ0) is 8.73. The lowest BCUT2D eigenvalue weighted by Crippen LogP contribution is -2.67. The molecule has 4 saturated carbocycles. The number of hydrogen-bond acceptors (Lipinski definition) is 0. The van der Waals surface area contributed by atoms with Crippen molar-refractivity contribution in [3.63, 3.8) is 0 Å². The molecule has 4 rings (SSSR count). The van der Waals surface area contributed by atoms with Crippen molar-refractivity contribution in [1.29, 1.82) is 0 Å². The van der Waals surface area contributed by atoms with E-state index >= 15 is 0 Å². The maximum atomic E-state index is 2.53. The molecule has 3 atom stereocenters. The molecule has 0 radical (unpaired) electrons. The Morgan fingerprint density at radius 3 is 1.77 bits per heavy atom. The molecule has 3 spiro atoms. The van der Waals surface area contributed by atoms with Gasteiger partial charge in [-0.15, -0.1) is 0 Å². The van der Waals surface area contributed by atoms with E-state index < -0.39 is 0 Å². The Labute approximate surface area is 81.1 Å². The van der Waals surface area contributed by atoms with E-state index in [1.165, 1.54) is 6.42 Å². The average molecular weight is 176 g/mol. The van der Waals surface area contributed by atoms with E-state index in [0.29, 0.717) is 0 Å². The molecule has 0 bridgehead atoms. The Morgan fingerprint density at radius 2 is 1.54 bits per heavy atom. The maximum Gasteiger partial charge on any atom is -0.0181 e. The van der Waals surface area contributed by atoms with Crippen molar-refractivity contribution in [1.82, 2.24) is 0 Å². The van der Waals surface area contributed by atoms with Crippen LogP contribution < -0.4 is 0 Å². The first-order valence-corrected chi connectivity index (χ1v) is 6.25. The third-order valence-electron chi connectivity index (χ3n) is 6.82. The fraction of sp³-hybridized carbons (Fsp3) is 1.00. The van der Waals surface area contributed by atoms with Gasteiger partial charge in [-0.2, -0.15) is 0 Å². The van der Waals surface area contributed by atoms with Crippen LogP contribution in [0.4, 0.5) is 0 Å². The second-order valence-corrected chi connectivity index (χ2v) is 6.46. The first kappa shape index (κ1) is 7.31. The molecular formula is C13H20. The first-order valence-electron chi connectivity index (χ1n) is 6.25. The van der Waals surface area contributed by atoms with Gasteiger partial charge in [-0.3, -0.25) is 0 Å². The lowest BCUT2D eigenvalue weighted by molar-refractivity contribution is -0.266. The Kier molecular flexibility index (Phi) is 0.971. The van der Waals surface area contributed by atoms with Gasteiger partial charge in [-0.05, 0) is 73.5 Å². The Bertz CT molecular complexity index is 268. The monoisotopic (exact) mass is 176 g/mol. The molecule has 4 fully saturated rings. The Hall–Kier alpha value is 0. The summed E-state index contributed by atoms with van der Waals surface area (Å²) in [6.45, 7) is 2.53. The molecule has 0 aromatic heterocycles. The minimum Gasteiger partial charge on any atom is -0.0620 e. The first-order chi connectivity index (χ1) is 6.25. The molecule has 0 aromatic rings. The summed E-state index contributed by atoms with van der Waals surface area (Å²) >= 11 is 0. The summed E-state index contributed by atoms with van der Waals surface area (Å²) in [7, 11) is 0. The number of hydrogen-bond donors (Lipinski definition) is 0. The second-order valence-electron chi connectivity index (χ2n) is 6.46. The van der Waals surface area contributed by atoms with Crippen molar-refractivity contribution in [2.24, 2.45) is 22.2 Å². The van der Waals surface area contributed by atoms with E-state index in [4.69, 9.17) is 0 Å². The van der Waals surface area contributed by atoms with Crippen molar-refractivity contribution in [3.05, 3.63) is 0 Å². The molecule has 72 valence electrons. The van der Waals surface area contributed by atoms with Gasteiger partial charge in [0.1, 0.15) is 0 Å². The van der Waals surface area contributed by atoms with Crippen LogP contribution in [0, 0.1) is 22.2 Å². The van der Waals surface area contributed by atoms with Gasteiger partial charge in [-0.25, -0.2) is 0 Å². The van der Waals surface area contributed by atoms with Gasteiger partial charge in [0.2, 0.25) is 0 Å². The number of fused-ring (bicyclic) bond motifs is 2. The van der Waals surface area contributed by atoms with E-state index in [0.717, 1.165) is 22.2 Å². The van der Waals surface area contributed by atoms with Gasteiger partial charge in [0.15, 0.2) is 0 Å². The predicted molar refractivity (Wildman–Crippen MR) is 53.4 cm³/mol. The van der Waals surface area contributed by atoms with Crippen LogP contribution in [-0.2, 0) is 0 Å². The summed E-state index contributed by atoms with van der Waals surface area (Å²) in [6.07, 6.45) is 12.7. The van der Waals surface area contributed by atoms with Gasteiger partial charge in [0, 0.05) is 0 Å². The highest BCUT2D eigenvalue weighted by Crippen LogP contribution is 2.87. The highest BCUT2D eigenvalue weighted by atomic mass is 14.8. The third-order valence-corrected chi connectivity index (χ3v) is 6.82. The summed E-state index contributed by atoms with van der Waals surface area (Å²) in [6, 6.07) is 0. The molecule has 0 saturated heterocycles. The van der Waals surface area contributed by atoms with E-state index in [-0.39, 0.29) is 0 Å². The van der Waals surface area contributed by atoms with Crippen LogP contribution in [0.15, 0.2) is 0 Å². The van der Waals surface area contributed by atoms with Crippen LogP contribution in [0.2, 0.25) is 0 Å². The topological polar surface area (TPSA) is 0 Å². The molecule has 4 aliphatic rings. The highest BCUT2D eigenvalue weighted by molar-refractivity contribution is 5.28. The standard InChI is InChI=1S/C13H20/c1-10-2-3-12(10)7-9-13(12)8-6-11(13)4-5-11/h10H,2-9H2,1H3. The molecule has 0 heterocycles. The lowest BCUT2D eigenvalue weighted by Gasteiger charge is -2.76. The van der Waals surface area contributed by atoms with Crippen molar-refractivity contribution in [3.8, 4) is 0 Å². The van der Waals surface area contributed by atoms with Gasteiger partial charge >= 0.3 is 0 Å². The molecule has 0 amide bonds. The van der Waals surface area contributed by atoms with Gasteiger partial charge in [-0.1, -0.05) is 6.92 Å².